The summed E-state index contributed by atoms with van der Waals surface area (Å²) in [6.45, 7) is 10.4. The Morgan fingerprint density at radius 1 is 1.03 bits per heavy atom. The molecular formula is C24H34N4O3. The van der Waals surface area contributed by atoms with E-state index in [9.17, 15) is 4.79 Å². The zero-order valence-electron chi connectivity index (χ0n) is 19.3. The summed E-state index contributed by atoms with van der Waals surface area (Å²) in [5, 5.41) is 2.93. The molecule has 3 rings (SSSR count). The van der Waals surface area contributed by atoms with Crippen LogP contribution in [-0.2, 0) is 11.3 Å². The fraction of sp³-hybridized carbons (Fsp3) is 0.500. The van der Waals surface area contributed by atoms with E-state index in [1.165, 1.54) is 5.56 Å². The number of nitrogens with zero attached hydrogens (tertiary/aromatic N) is 3. The molecule has 0 aliphatic carbocycles. The Morgan fingerprint density at radius 2 is 1.74 bits per heavy atom. The van der Waals surface area contributed by atoms with E-state index in [1.807, 2.05) is 39.0 Å². The first-order valence-electron chi connectivity index (χ1n) is 10.8. The van der Waals surface area contributed by atoms with Gasteiger partial charge in [0.05, 0.1) is 26.1 Å². The van der Waals surface area contributed by atoms with Gasteiger partial charge >= 0.3 is 0 Å². The number of methoxy groups -OCH3 is 2. The second kappa shape index (κ2) is 10.0. The van der Waals surface area contributed by atoms with E-state index in [2.05, 4.69) is 32.2 Å². The van der Waals surface area contributed by atoms with E-state index in [1.54, 1.807) is 20.4 Å². The molecule has 0 saturated carbocycles. The predicted octanol–water partition coefficient (Wildman–Crippen LogP) is 3.80. The Bertz CT molecular complexity index is 855. The van der Waals surface area contributed by atoms with Crippen LogP contribution in [0.1, 0.15) is 32.8 Å². The second-order valence-corrected chi connectivity index (χ2v) is 8.95. The van der Waals surface area contributed by atoms with Crippen LogP contribution in [0.2, 0.25) is 0 Å². The van der Waals surface area contributed by atoms with Crippen molar-refractivity contribution in [3.05, 3.63) is 42.1 Å². The van der Waals surface area contributed by atoms with E-state index in [0.717, 1.165) is 62.1 Å². The lowest BCUT2D eigenvalue weighted by Crippen LogP contribution is -2.31. The Morgan fingerprint density at radius 3 is 2.32 bits per heavy atom. The molecule has 0 atom stereocenters. The highest BCUT2D eigenvalue weighted by molar-refractivity contribution is 5.94. The molecule has 1 aromatic carbocycles. The molecular weight excluding hydrogens is 392 g/mol. The van der Waals surface area contributed by atoms with Crippen molar-refractivity contribution in [2.24, 2.45) is 5.41 Å². The molecule has 1 N–H and O–H groups in total. The van der Waals surface area contributed by atoms with Crippen LogP contribution in [0.25, 0.3) is 0 Å². The van der Waals surface area contributed by atoms with E-state index in [-0.39, 0.29) is 5.91 Å². The van der Waals surface area contributed by atoms with Gasteiger partial charge in [0.1, 0.15) is 17.3 Å². The van der Waals surface area contributed by atoms with Crippen molar-refractivity contribution in [1.82, 2.24) is 9.88 Å². The van der Waals surface area contributed by atoms with E-state index >= 15 is 0 Å². The summed E-state index contributed by atoms with van der Waals surface area (Å²) >= 11 is 0. The van der Waals surface area contributed by atoms with Crippen molar-refractivity contribution in [1.29, 1.82) is 0 Å². The maximum atomic E-state index is 12.2. The smallest absolute Gasteiger partial charge is 0.229 e. The van der Waals surface area contributed by atoms with Crippen LogP contribution in [0.4, 0.5) is 11.5 Å². The van der Waals surface area contributed by atoms with E-state index < -0.39 is 5.41 Å². The van der Waals surface area contributed by atoms with Gasteiger partial charge in [-0.05, 0) is 36.2 Å². The van der Waals surface area contributed by atoms with Gasteiger partial charge in [-0.15, -0.1) is 0 Å². The monoisotopic (exact) mass is 426 g/mol. The van der Waals surface area contributed by atoms with Crippen LogP contribution < -0.4 is 19.7 Å². The van der Waals surface area contributed by atoms with Crippen LogP contribution >= 0.6 is 0 Å². The first kappa shape index (κ1) is 22.9. The van der Waals surface area contributed by atoms with Crippen LogP contribution in [-0.4, -0.2) is 56.2 Å². The summed E-state index contributed by atoms with van der Waals surface area (Å²) in [5.74, 6) is 2.56. The van der Waals surface area contributed by atoms with E-state index in [4.69, 9.17) is 9.47 Å². The number of ether oxygens (including phenoxy) is 2. The van der Waals surface area contributed by atoms with E-state index in [0.29, 0.717) is 0 Å². The summed E-state index contributed by atoms with van der Waals surface area (Å²) in [6.07, 6.45) is 2.80. The van der Waals surface area contributed by atoms with Crippen molar-refractivity contribution in [3.8, 4) is 11.5 Å². The van der Waals surface area contributed by atoms with Gasteiger partial charge in [-0.2, -0.15) is 0 Å². The van der Waals surface area contributed by atoms with Gasteiger partial charge in [-0.3, -0.25) is 9.69 Å². The Hall–Kier alpha value is -2.80. The molecule has 1 fully saturated rings. The minimum atomic E-state index is -0.431. The number of benzene rings is 1. The molecule has 7 heteroatoms. The summed E-state index contributed by atoms with van der Waals surface area (Å²) in [4.78, 5) is 21.5. The van der Waals surface area contributed by atoms with Crippen LogP contribution in [0, 0.1) is 5.41 Å². The topological polar surface area (TPSA) is 66.9 Å². The molecule has 2 aromatic rings. The minimum absolute atomic E-state index is 0.0124. The molecule has 31 heavy (non-hydrogen) atoms. The summed E-state index contributed by atoms with van der Waals surface area (Å²) < 4.78 is 10.8. The number of amides is 1. The summed E-state index contributed by atoms with van der Waals surface area (Å²) in [7, 11) is 3.35. The van der Waals surface area contributed by atoms with Gasteiger partial charge in [0.2, 0.25) is 5.91 Å². The molecule has 1 aromatic heterocycles. The van der Waals surface area contributed by atoms with Crippen molar-refractivity contribution < 1.29 is 14.3 Å². The van der Waals surface area contributed by atoms with Crippen molar-refractivity contribution in [3.63, 3.8) is 0 Å². The number of carbonyl (C=O) groups excluding carboxylic acids is 1. The molecule has 168 valence electrons. The Kier molecular flexibility index (Phi) is 7.38. The summed E-state index contributed by atoms with van der Waals surface area (Å²) in [5.41, 5.74) is 1.48. The van der Waals surface area contributed by atoms with Crippen LogP contribution in [0.15, 0.2) is 36.5 Å². The van der Waals surface area contributed by atoms with Crippen LogP contribution in [0.5, 0.6) is 11.5 Å². The first-order chi connectivity index (χ1) is 14.8. The summed E-state index contributed by atoms with van der Waals surface area (Å²) in [6, 6.07) is 9.94. The second-order valence-electron chi connectivity index (χ2n) is 8.95. The zero-order valence-corrected chi connectivity index (χ0v) is 19.3. The fourth-order valence-electron chi connectivity index (χ4n) is 3.54. The fourth-order valence-corrected chi connectivity index (χ4v) is 3.54. The number of aromatic nitrogens is 1. The molecule has 1 saturated heterocycles. The van der Waals surface area contributed by atoms with Crippen LogP contribution in [0.3, 0.4) is 0 Å². The number of anilines is 2. The number of carbonyl (C=O) groups is 1. The average Bonchev–Trinajstić information content (AvgIpc) is 2.99. The predicted molar refractivity (Wildman–Crippen MR) is 124 cm³/mol. The molecule has 7 nitrogen and oxygen atoms in total. The SMILES string of the molecule is COc1cc(CN2CCCN(c3ccc(NC(=O)C(C)(C)C)cn3)CC2)cc(OC)c1. The molecule has 2 heterocycles. The molecule has 0 bridgehead atoms. The van der Waals surface area contributed by atoms with Gasteiger partial charge in [0.25, 0.3) is 0 Å². The highest BCUT2D eigenvalue weighted by Gasteiger charge is 2.21. The zero-order chi connectivity index (χ0) is 22.4. The number of hydrogen-bond acceptors (Lipinski definition) is 6. The average molecular weight is 427 g/mol. The van der Waals surface area contributed by atoms with Gasteiger partial charge in [0, 0.05) is 44.2 Å². The molecule has 0 unspecified atom stereocenters. The molecule has 1 amide bonds. The number of nitrogens with one attached hydrogen (secondary N) is 1. The van der Waals surface area contributed by atoms with Gasteiger partial charge in [-0.25, -0.2) is 4.98 Å². The van der Waals surface area contributed by atoms with Crippen molar-refractivity contribution >= 4 is 17.4 Å². The third-order valence-corrected chi connectivity index (χ3v) is 5.42. The normalized spacial score (nSPS) is 15.3. The number of hydrogen-bond donors (Lipinski definition) is 1. The largest absolute Gasteiger partial charge is 0.497 e. The maximum absolute atomic E-state index is 12.2. The molecule has 1 aliphatic rings. The van der Waals surface area contributed by atoms with Crippen molar-refractivity contribution in [2.75, 3.05) is 50.6 Å². The number of pyridine rings is 1. The van der Waals surface area contributed by atoms with Gasteiger partial charge in [0.15, 0.2) is 0 Å². The maximum Gasteiger partial charge on any atom is 0.229 e. The quantitative estimate of drug-likeness (QED) is 0.758. The Labute approximate surface area is 185 Å². The molecule has 0 spiro atoms. The minimum Gasteiger partial charge on any atom is -0.497 e. The standard InChI is InChI=1S/C24H34N4O3/c1-24(2,3)23(29)26-19-7-8-22(25-16-19)28-10-6-9-27(11-12-28)17-18-13-20(30-4)15-21(14-18)31-5/h7-8,13-16H,6,9-12,17H2,1-5H3,(H,26,29). The highest BCUT2D eigenvalue weighted by atomic mass is 16.5. The molecule has 1 aliphatic heterocycles. The van der Waals surface area contributed by atoms with Gasteiger partial charge < -0.3 is 19.7 Å². The lowest BCUT2D eigenvalue weighted by atomic mass is 9.96. The first-order valence-corrected chi connectivity index (χ1v) is 10.8. The number of rotatable bonds is 6. The lowest BCUT2D eigenvalue weighted by Gasteiger charge is -2.23. The molecule has 0 radical (unpaired) electrons. The van der Waals surface area contributed by atoms with Gasteiger partial charge in [-0.1, -0.05) is 20.8 Å². The highest BCUT2D eigenvalue weighted by Crippen LogP contribution is 2.24. The lowest BCUT2D eigenvalue weighted by molar-refractivity contribution is -0.123. The van der Waals surface area contributed by atoms with Crippen molar-refractivity contribution in [2.45, 2.75) is 33.7 Å². The Balaban J connectivity index is 1.59. The third-order valence-electron chi connectivity index (χ3n) is 5.42. The third kappa shape index (κ3) is 6.34.